The second kappa shape index (κ2) is 8.47. The number of hydrogen-bond donors (Lipinski definition) is 0. The van der Waals surface area contributed by atoms with Gasteiger partial charge < -0.3 is 4.90 Å². The van der Waals surface area contributed by atoms with Gasteiger partial charge in [0.25, 0.3) is 0 Å². The number of carbonyl (C=O) groups is 1. The summed E-state index contributed by atoms with van der Waals surface area (Å²) in [6, 6.07) is 14.5. The largest absolute Gasteiger partial charge is 0.341 e. The second-order valence-corrected chi connectivity index (χ2v) is 7.67. The van der Waals surface area contributed by atoms with E-state index in [9.17, 15) is 9.18 Å². The Kier molecular flexibility index (Phi) is 6.06. The Morgan fingerprint density at radius 1 is 1.23 bits per heavy atom. The second-order valence-electron chi connectivity index (χ2n) is 5.93. The molecule has 0 spiro atoms. The molecule has 3 rings (SSSR count). The van der Waals surface area contributed by atoms with E-state index in [1.165, 1.54) is 28.4 Å². The van der Waals surface area contributed by atoms with Crippen LogP contribution in [-0.4, -0.2) is 29.1 Å². The van der Waals surface area contributed by atoms with Crippen molar-refractivity contribution >= 4 is 29.0 Å². The lowest BCUT2D eigenvalue weighted by Crippen LogP contribution is -2.27. The van der Waals surface area contributed by atoms with E-state index >= 15 is 0 Å². The number of amides is 1. The molecule has 0 N–H and O–H groups in total. The SMILES string of the molecule is CSc1ccc(CN(C)C(=O)Cc2csc(-c3cccc(F)c3)n2)cc1. The molecule has 0 aliphatic rings. The van der Waals surface area contributed by atoms with Gasteiger partial charge in [-0.25, -0.2) is 9.37 Å². The standard InChI is InChI=1S/C20H19FN2OS2/c1-23(12-14-6-8-18(25-2)9-7-14)19(24)11-17-13-26-20(22-17)15-4-3-5-16(21)10-15/h3-10,13H,11-12H2,1-2H3. The van der Waals surface area contributed by atoms with E-state index in [0.29, 0.717) is 12.2 Å². The maximum atomic E-state index is 13.3. The van der Waals surface area contributed by atoms with Gasteiger partial charge in [-0.1, -0.05) is 24.3 Å². The molecule has 2 aromatic carbocycles. The molecule has 0 saturated heterocycles. The summed E-state index contributed by atoms with van der Waals surface area (Å²) in [4.78, 5) is 19.8. The molecule has 0 bridgehead atoms. The number of halogens is 1. The summed E-state index contributed by atoms with van der Waals surface area (Å²) in [5.74, 6) is -0.280. The van der Waals surface area contributed by atoms with E-state index in [-0.39, 0.29) is 18.1 Å². The maximum absolute atomic E-state index is 13.3. The minimum atomic E-state index is -0.289. The predicted octanol–water partition coefficient (Wildman–Crippen LogP) is 4.87. The van der Waals surface area contributed by atoms with Crippen LogP contribution in [0.25, 0.3) is 10.6 Å². The number of nitrogens with zero attached hydrogens (tertiary/aromatic N) is 2. The van der Waals surface area contributed by atoms with Crippen LogP contribution in [0.15, 0.2) is 58.8 Å². The lowest BCUT2D eigenvalue weighted by Gasteiger charge is -2.17. The normalized spacial score (nSPS) is 10.7. The average molecular weight is 387 g/mol. The molecular formula is C20H19FN2OS2. The van der Waals surface area contributed by atoms with Crippen molar-refractivity contribution in [3.8, 4) is 10.6 Å². The highest BCUT2D eigenvalue weighted by atomic mass is 32.2. The fraction of sp³-hybridized carbons (Fsp3) is 0.200. The van der Waals surface area contributed by atoms with Gasteiger partial charge in [0.2, 0.25) is 5.91 Å². The van der Waals surface area contributed by atoms with Crippen LogP contribution in [0.1, 0.15) is 11.3 Å². The highest BCUT2D eigenvalue weighted by Crippen LogP contribution is 2.24. The molecule has 1 heterocycles. The molecule has 0 saturated carbocycles. The van der Waals surface area contributed by atoms with Gasteiger partial charge in [0.15, 0.2) is 0 Å². The molecule has 0 atom stereocenters. The molecule has 0 radical (unpaired) electrons. The fourth-order valence-electron chi connectivity index (χ4n) is 2.53. The topological polar surface area (TPSA) is 33.2 Å². The van der Waals surface area contributed by atoms with E-state index in [2.05, 4.69) is 17.1 Å². The number of likely N-dealkylation sites (N-methyl/N-ethyl adjacent to an activating group) is 1. The Labute approximate surface area is 160 Å². The molecule has 6 heteroatoms. The quantitative estimate of drug-likeness (QED) is 0.567. The van der Waals surface area contributed by atoms with Gasteiger partial charge in [0.1, 0.15) is 10.8 Å². The van der Waals surface area contributed by atoms with Crippen LogP contribution in [0.2, 0.25) is 0 Å². The van der Waals surface area contributed by atoms with E-state index in [1.54, 1.807) is 29.8 Å². The number of rotatable bonds is 6. The smallest absolute Gasteiger partial charge is 0.228 e. The van der Waals surface area contributed by atoms with Crippen molar-refractivity contribution < 1.29 is 9.18 Å². The molecule has 3 nitrogen and oxygen atoms in total. The van der Waals surface area contributed by atoms with Gasteiger partial charge in [-0.3, -0.25) is 4.79 Å². The molecule has 0 fully saturated rings. The van der Waals surface area contributed by atoms with Crippen molar-refractivity contribution in [3.63, 3.8) is 0 Å². The Morgan fingerprint density at radius 2 is 2.00 bits per heavy atom. The van der Waals surface area contributed by atoms with Crippen LogP contribution in [0.3, 0.4) is 0 Å². The van der Waals surface area contributed by atoms with Crippen molar-refractivity contribution in [2.24, 2.45) is 0 Å². The van der Waals surface area contributed by atoms with Crippen molar-refractivity contribution in [1.29, 1.82) is 0 Å². The van der Waals surface area contributed by atoms with Gasteiger partial charge in [-0.2, -0.15) is 0 Å². The first-order valence-corrected chi connectivity index (χ1v) is 10.2. The number of benzene rings is 2. The first-order valence-electron chi connectivity index (χ1n) is 8.12. The Morgan fingerprint density at radius 3 is 2.69 bits per heavy atom. The van der Waals surface area contributed by atoms with Crippen molar-refractivity contribution in [3.05, 3.63) is 71.0 Å². The minimum Gasteiger partial charge on any atom is -0.341 e. The summed E-state index contributed by atoms with van der Waals surface area (Å²) in [7, 11) is 1.80. The number of carbonyl (C=O) groups excluding carboxylic acids is 1. The van der Waals surface area contributed by atoms with Gasteiger partial charge in [-0.05, 0) is 36.1 Å². The summed E-state index contributed by atoms with van der Waals surface area (Å²) in [6.07, 6.45) is 2.28. The number of thiazole rings is 1. The molecular weight excluding hydrogens is 367 g/mol. The molecule has 1 aromatic heterocycles. The molecule has 134 valence electrons. The Bertz CT molecular complexity index is 893. The summed E-state index contributed by atoms with van der Waals surface area (Å²) in [5.41, 5.74) is 2.54. The predicted molar refractivity (Wildman–Crippen MR) is 106 cm³/mol. The molecule has 26 heavy (non-hydrogen) atoms. The monoisotopic (exact) mass is 386 g/mol. The highest BCUT2D eigenvalue weighted by molar-refractivity contribution is 7.98. The fourth-order valence-corrected chi connectivity index (χ4v) is 3.75. The van der Waals surface area contributed by atoms with E-state index in [0.717, 1.165) is 16.1 Å². The lowest BCUT2D eigenvalue weighted by atomic mass is 10.2. The first kappa shape index (κ1) is 18.6. The van der Waals surface area contributed by atoms with Gasteiger partial charge in [0.05, 0.1) is 12.1 Å². The third-order valence-corrected chi connectivity index (χ3v) is 5.64. The zero-order chi connectivity index (χ0) is 18.5. The maximum Gasteiger partial charge on any atom is 0.228 e. The minimum absolute atomic E-state index is 0.00929. The number of thioether (sulfide) groups is 1. The van der Waals surface area contributed by atoms with Crippen molar-refractivity contribution in [1.82, 2.24) is 9.88 Å². The number of hydrogen-bond acceptors (Lipinski definition) is 4. The zero-order valence-corrected chi connectivity index (χ0v) is 16.2. The van der Waals surface area contributed by atoms with Crippen LogP contribution in [0.5, 0.6) is 0 Å². The number of aromatic nitrogens is 1. The summed E-state index contributed by atoms with van der Waals surface area (Å²) >= 11 is 3.12. The summed E-state index contributed by atoms with van der Waals surface area (Å²) in [6.45, 7) is 0.564. The first-order chi connectivity index (χ1) is 12.5. The van der Waals surface area contributed by atoms with Gasteiger partial charge >= 0.3 is 0 Å². The Hall–Kier alpha value is -2.18. The van der Waals surface area contributed by atoms with Crippen LogP contribution in [-0.2, 0) is 17.8 Å². The zero-order valence-electron chi connectivity index (χ0n) is 14.6. The van der Waals surface area contributed by atoms with Crippen molar-refractivity contribution in [2.45, 2.75) is 17.9 Å². The molecule has 1 amide bonds. The third kappa shape index (κ3) is 4.71. The highest BCUT2D eigenvalue weighted by Gasteiger charge is 2.13. The van der Waals surface area contributed by atoms with Crippen molar-refractivity contribution in [2.75, 3.05) is 13.3 Å². The third-order valence-electron chi connectivity index (χ3n) is 3.96. The molecule has 3 aromatic rings. The van der Waals surface area contributed by atoms with Gasteiger partial charge in [-0.15, -0.1) is 23.1 Å². The average Bonchev–Trinajstić information content (AvgIpc) is 3.11. The van der Waals surface area contributed by atoms with Crippen LogP contribution >= 0.6 is 23.1 Å². The molecule has 0 aliphatic carbocycles. The van der Waals surface area contributed by atoms with Crippen LogP contribution in [0.4, 0.5) is 4.39 Å². The van der Waals surface area contributed by atoms with Gasteiger partial charge in [0, 0.05) is 29.4 Å². The summed E-state index contributed by atoms with van der Waals surface area (Å²) in [5, 5.41) is 2.58. The molecule has 0 aliphatic heterocycles. The van der Waals surface area contributed by atoms with E-state index in [1.807, 2.05) is 29.8 Å². The van der Waals surface area contributed by atoms with Crippen LogP contribution < -0.4 is 0 Å². The van der Waals surface area contributed by atoms with Crippen LogP contribution in [0, 0.1) is 5.82 Å². The Balaban J connectivity index is 1.62. The lowest BCUT2D eigenvalue weighted by molar-refractivity contribution is -0.129. The summed E-state index contributed by atoms with van der Waals surface area (Å²) < 4.78 is 13.3. The van der Waals surface area contributed by atoms with E-state index < -0.39 is 0 Å². The van der Waals surface area contributed by atoms with E-state index in [4.69, 9.17) is 0 Å². The molecule has 0 unspecified atom stereocenters.